The van der Waals surface area contributed by atoms with Crippen LogP contribution in [-0.4, -0.2) is 161 Å². The van der Waals surface area contributed by atoms with Crippen LogP contribution in [0.4, 0.5) is 0 Å². The largest absolute Gasteiger partial charge is 0.480 e. The number of carboxylic acids is 1. The molecule has 406 valence electrons. The molecule has 0 aliphatic carbocycles. The predicted octanol–water partition coefficient (Wildman–Crippen LogP) is 6.53. The van der Waals surface area contributed by atoms with Gasteiger partial charge in [-0.2, -0.15) is 0 Å². The molecule has 0 radical (unpaired) electrons. The Bertz CT molecular complexity index is 1990. The number of nitrogens with zero attached hydrogens (tertiary/aromatic N) is 4. The zero-order chi connectivity index (χ0) is 54.2. The molecule has 2 aliphatic heterocycles. The molecule has 2 fully saturated rings. The zero-order valence-corrected chi connectivity index (χ0v) is 48.1. The SMILES string of the molecule is CC[C@H](C)[C@@H]([C@@H](CC(=O)N1CCC[C@H]1[C@H](OC)[C@@H](C)C(=O)N[C@@H](Cc1ccccc1)C(=O)O)OC)N(C)C(=O)[C@@H](NC(=O)[C@H](C(C)C)N(C)C(=O)CCCCCN1C(=O)CC(C(C)(CC)SI)C1=O)C(C)C. The summed E-state index contributed by atoms with van der Waals surface area (Å²) in [5.74, 6) is -5.18. The van der Waals surface area contributed by atoms with Crippen molar-refractivity contribution >= 4 is 77.5 Å². The van der Waals surface area contributed by atoms with Crippen molar-refractivity contribution in [3.8, 4) is 0 Å². The van der Waals surface area contributed by atoms with E-state index < -0.39 is 66.1 Å². The van der Waals surface area contributed by atoms with Gasteiger partial charge < -0.3 is 39.9 Å². The molecule has 2 heterocycles. The van der Waals surface area contributed by atoms with Crippen LogP contribution in [0.3, 0.4) is 0 Å². The normalized spacial score (nSPS) is 20.3. The number of ether oxygens (including phenoxy) is 2. The van der Waals surface area contributed by atoms with Crippen LogP contribution < -0.4 is 10.6 Å². The Morgan fingerprint density at radius 3 is 2.10 bits per heavy atom. The van der Waals surface area contributed by atoms with Gasteiger partial charge in [0.05, 0.1) is 42.5 Å². The third-order valence-electron chi connectivity index (χ3n) is 15.2. The fourth-order valence-corrected chi connectivity index (χ4v) is 12.6. The number of unbranched alkanes of at least 4 members (excludes halogenated alkanes) is 2. The second kappa shape index (κ2) is 29.3. The van der Waals surface area contributed by atoms with Crippen LogP contribution in [0.2, 0.25) is 0 Å². The first-order chi connectivity index (χ1) is 33.9. The molecule has 3 N–H and O–H groups in total. The first-order valence-corrected chi connectivity index (χ1v) is 29.2. The van der Waals surface area contributed by atoms with Crippen molar-refractivity contribution in [2.45, 2.75) is 180 Å². The van der Waals surface area contributed by atoms with E-state index in [1.54, 1.807) is 64.0 Å². The number of methoxy groups -OCH3 is 2. The maximum atomic E-state index is 14.7. The van der Waals surface area contributed by atoms with E-state index in [2.05, 4.69) is 31.8 Å². The monoisotopic (exact) mass is 1140 g/mol. The van der Waals surface area contributed by atoms with Gasteiger partial charge in [-0.05, 0) is 83.6 Å². The summed E-state index contributed by atoms with van der Waals surface area (Å²) in [6.07, 6.45) is 3.26. The van der Waals surface area contributed by atoms with Gasteiger partial charge in [0.15, 0.2) is 0 Å². The minimum atomic E-state index is -1.16. The highest BCUT2D eigenvalue weighted by atomic mass is 127. The Balaban J connectivity index is 1.69. The van der Waals surface area contributed by atoms with Gasteiger partial charge in [0.25, 0.3) is 0 Å². The van der Waals surface area contributed by atoms with Gasteiger partial charge in [-0.1, -0.05) is 107 Å². The third-order valence-corrected chi connectivity index (χ3v) is 19.2. The zero-order valence-electron chi connectivity index (χ0n) is 45.1. The maximum absolute atomic E-state index is 14.7. The highest BCUT2D eigenvalue weighted by Crippen LogP contribution is 2.45. The molecule has 7 amide bonds. The van der Waals surface area contributed by atoms with E-state index in [-0.39, 0.29) is 83.6 Å². The van der Waals surface area contributed by atoms with Crippen molar-refractivity contribution < 1.29 is 52.9 Å². The fourth-order valence-electron chi connectivity index (χ4n) is 10.4. The molecule has 2 saturated heterocycles. The van der Waals surface area contributed by atoms with Crippen LogP contribution in [0.5, 0.6) is 0 Å². The number of amides is 7. The molecular formula is C53H85IN6O11S. The minimum absolute atomic E-state index is 0.0821. The Labute approximate surface area is 445 Å². The van der Waals surface area contributed by atoms with Crippen LogP contribution in [0.1, 0.15) is 132 Å². The van der Waals surface area contributed by atoms with Gasteiger partial charge in [0, 0.05) is 65.4 Å². The lowest BCUT2D eigenvalue weighted by atomic mass is 9.89. The van der Waals surface area contributed by atoms with Crippen molar-refractivity contribution in [1.82, 2.24) is 30.2 Å². The Hall–Kier alpha value is -3.82. The second-order valence-corrected chi connectivity index (χ2v) is 23.2. The van der Waals surface area contributed by atoms with Crippen LogP contribution in [0.15, 0.2) is 30.3 Å². The molecular weight excluding hydrogens is 1060 g/mol. The predicted molar refractivity (Wildman–Crippen MR) is 288 cm³/mol. The smallest absolute Gasteiger partial charge is 0.326 e. The first kappa shape index (κ1) is 62.5. The summed E-state index contributed by atoms with van der Waals surface area (Å²) < 4.78 is 11.6. The number of nitrogens with one attached hydrogen (secondary N) is 2. The number of carbonyl (C=O) groups is 8. The van der Waals surface area contributed by atoms with Crippen molar-refractivity contribution in [2.75, 3.05) is 41.4 Å². The molecule has 2 aliphatic rings. The molecule has 0 spiro atoms. The summed E-state index contributed by atoms with van der Waals surface area (Å²) in [6.45, 7) is 17.8. The fraction of sp³-hybridized carbons (Fsp3) is 0.736. The standard InChI is InChI=1S/C53H85IN6O11S/c1-14-34(7)46(40(70-12)31-43(63)59-28-22-25-39(59)47(71-13)35(8)48(64)55-38(52(68)69)29-36-23-18-16-19-24-36)58(11)51(67)44(32(3)4)56-49(65)45(33(5)6)57(10)41(61)26-20-17-21-27-60-42(62)30-37(50(60)66)53(9,15-2)72-54/h16,18-19,23-24,32-35,37-40,44-47H,14-15,17,20-22,25-31H2,1-13H3,(H,55,64)(H,56,65)(H,68,69)/t34-,35+,37?,38-,39-,40+,44-,45-,46-,47+,53?/m0/s1. The average molecular weight is 1140 g/mol. The highest BCUT2D eigenvalue weighted by Gasteiger charge is 2.48. The molecule has 72 heavy (non-hydrogen) atoms. The summed E-state index contributed by atoms with van der Waals surface area (Å²) >= 11 is 2.21. The summed E-state index contributed by atoms with van der Waals surface area (Å²) in [4.78, 5) is 115. The maximum Gasteiger partial charge on any atom is 0.326 e. The summed E-state index contributed by atoms with van der Waals surface area (Å²) in [5.41, 5.74) is 0.763. The molecule has 2 unspecified atom stereocenters. The number of likely N-dealkylation sites (tertiary alicyclic amines) is 2. The van der Waals surface area contributed by atoms with Gasteiger partial charge in [-0.25, -0.2) is 4.79 Å². The van der Waals surface area contributed by atoms with E-state index in [9.17, 15) is 43.5 Å². The number of rotatable bonds is 30. The quantitative estimate of drug-likeness (QED) is 0.0427. The van der Waals surface area contributed by atoms with Gasteiger partial charge in [0.1, 0.15) is 18.1 Å². The third kappa shape index (κ3) is 16.1. The molecule has 0 aromatic heterocycles. The molecule has 3 rings (SSSR count). The lowest BCUT2D eigenvalue weighted by Gasteiger charge is -2.41. The van der Waals surface area contributed by atoms with Crippen molar-refractivity contribution in [3.63, 3.8) is 0 Å². The summed E-state index contributed by atoms with van der Waals surface area (Å²) in [5, 5.41) is 15.6. The van der Waals surface area contributed by atoms with Gasteiger partial charge in [0.2, 0.25) is 41.4 Å². The van der Waals surface area contributed by atoms with Crippen LogP contribution >= 0.6 is 30.1 Å². The lowest BCUT2D eigenvalue weighted by molar-refractivity contribution is -0.149. The summed E-state index contributed by atoms with van der Waals surface area (Å²) in [6, 6.07) is 4.97. The second-order valence-electron chi connectivity index (χ2n) is 20.8. The van der Waals surface area contributed by atoms with E-state index in [0.29, 0.717) is 51.6 Å². The van der Waals surface area contributed by atoms with Crippen LogP contribution in [-0.2, 0) is 54.3 Å². The number of aliphatic carboxylic acids is 1. The van der Waals surface area contributed by atoms with Gasteiger partial charge >= 0.3 is 5.97 Å². The molecule has 19 heteroatoms. The molecule has 11 atom stereocenters. The Morgan fingerprint density at radius 2 is 1.56 bits per heavy atom. The van der Waals surface area contributed by atoms with Gasteiger partial charge in [-0.15, -0.1) is 0 Å². The molecule has 1 aromatic rings. The van der Waals surface area contributed by atoms with Crippen molar-refractivity contribution in [2.24, 2.45) is 29.6 Å². The highest BCUT2D eigenvalue weighted by molar-refractivity contribution is 14.2. The number of likely N-dealkylation sites (N-methyl/N-ethyl adjacent to an activating group) is 2. The number of benzene rings is 1. The molecule has 1 aromatic carbocycles. The minimum Gasteiger partial charge on any atom is -0.480 e. The number of imide groups is 1. The van der Waals surface area contributed by atoms with E-state index in [1.165, 1.54) is 24.0 Å². The molecule has 0 bridgehead atoms. The first-order valence-electron chi connectivity index (χ1n) is 25.8. The number of hydrogen-bond acceptors (Lipinski definition) is 11. The number of halogens is 1. The van der Waals surface area contributed by atoms with Crippen LogP contribution in [0, 0.1) is 29.6 Å². The number of carbonyl (C=O) groups excluding carboxylic acids is 7. The van der Waals surface area contributed by atoms with Crippen molar-refractivity contribution in [1.29, 1.82) is 0 Å². The van der Waals surface area contributed by atoms with E-state index >= 15 is 0 Å². The lowest BCUT2D eigenvalue weighted by Crippen LogP contribution is -2.60. The molecule has 0 saturated carbocycles. The van der Waals surface area contributed by atoms with E-state index in [4.69, 9.17) is 9.47 Å². The van der Waals surface area contributed by atoms with Crippen LogP contribution in [0.25, 0.3) is 0 Å². The van der Waals surface area contributed by atoms with E-state index in [0.717, 1.165) is 12.0 Å². The van der Waals surface area contributed by atoms with E-state index in [1.807, 2.05) is 61.5 Å². The Kier molecular flexibility index (Phi) is 25.4. The molecule has 17 nitrogen and oxygen atoms in total. The average Bonchev–Trinajstić information content (AvgIpc) is 3.95. The van der Waals surface area contributed by atoms with Crippen molar-refractivity contribution in [3.05, 3.63) is 35.9 Å². The number of hydrogen-bond donors (Lipinski definition) is 3. The van der Waals surface area contributed by atoms with Gasteiger partial charge in [-0.3, -0.25) is 38.5 Å². The number of carboxylic acid groups (broad SMARTS) is 1. The topological polar surface area (TPSA) is 212 Å². The Morgan fingerprint density at radius 1 is 0.903 bits per heavy atom. The summed E-state index contributed by atoms with van der Waals surface area (Å²) in [7, 11) is 7.83.